The fourth-order valence-corrected chi connectivity index (χ4v) is 3.09. The third kappa shape index (κ3) is 6.47. The van der Waals surface area contributed by atoms with Crippen LogP contribution >= 0.6 is 0 Å². The number of aliphatic hydroxyl groups is 2. The minimum atomic E-state index is -1.27. The van der Waals surface area contributed by atoms with Crippen LogP contribution in [-0.2, 0) is 25.6 Å². The normalized spacial score (nSPS) is 27.7. The summed E-state index contributed by atoms with van der Waals surface area (Å²) >= 11 is 0. The number of aliphatic hydroxyl groups excluding tert-OH is 2. The summed E-state index contributed by atoms with van der Waals surface area (Å²) in [7, 11) is 0. The van der Waals surface area contributed by atoms with E-state index in [0.29, 0.717) is 0 Å². The first-order valence-electron chi connectivity index (χ1n) is 9.25. The van der Waals surface area contributed by atoms with E-state index in [1.807, 2.05) is 30.3 Å². The lowest BCUT2D eigenvalue weighted by molar-refractivity contribution is -0.179. The molecule has 1 fully saturated rings. The van der Waals surface area contributed by atoms with Gasteiger partial charge in [-0.25, -0.2) is 4.79 Å². The molecule has 28 heavy (non-hydrogen) atoms. The van der Waals surface area contributed by atoms with Crippen LogP contribution in [0.15, 0.2) is 30.3 Å². The molecule has 0 radical (unpaired) electrons. The molecule has 0 aromatic heterocycles. The van der Waals surface area contributed by atoms with Gasteiger partial charge in [0.15, 0.2) is 0 Å². The standard InChI is InChI=1S/C20H29NO7/c1-12(22)27-15-10-14(23)17(24)18(26-11-13-8-6-5-7-9-13)16(15)21-19(25)28-20(2,3)4/h5-9,14-18,23-24H,10-11H2,1-4H3,(H,21,25)/t14-,15-,16+,17-,18-/m1/s1. The third-order valence-corrected chi connectivity index (χ3v) is 4.25. The third-order valence-electron chi connectivity index (χ3n) is 4.25. The van der Waals surface area contributed by atoms with E-state index in [1.54, 1.807) is 20.8 Å². The van der Waals surface area contributed by atoms with Gasteiger partial charge in [-0.2, -0.15) is 0 Å². The van der Waals surface area contributed by atoms with E-state index < -0.39 is 48.1 Å². The van der Waals surface area contributed by atoms with E-state index >= 15 is 0 Å². The van der Waals surface area contributed by atoms with Crippen molar-refractivity contribution in [3.8, 4) is 0 Å². The summed E-state index contributed by atoms with van der Waals surface area (Å²) in [6, 6.07) is 8.38. The SMILES string of the molecule is CC(=O)O[C@@H]1C[C@@H](O)[C@@H](O)[C@H](OCc2ccccc2)[C@H]1NC(=O)OC(C)(C)C. The fourth-order valence-electron chi connectivity index (χ4n) is 3.09. The Morgan fingerprint density at radius 3 is 2.39 bits per heavy atom. The van der Waals surface area contributed by atoms with Gasteiger partial charge in [0.25, 0.3) is 0 Å². The number of esters is 1. The smallest absolute Gasteiger partial charge is 0.408 e. The number of rotatable bonds is 5. The van der Waals surface area contributed by atoms with Gasteiger partial charge in [0.05, 0.1) is 18.8 Å². The Morgan fingerprint density at radius 1 is 1.18 bits per heavy atom. The molecule has 5 atom stereocenters. The van der Waals surface area contributed by atoms with Crippen molar-refractivity contribution in [1.82, 2.24) is 5.32 Å². The summed E-state index contributed by atoms with van der Waals surface area (Å²) in [5.41, 5.74) is 0.128. The van der Waals surface area contributed by atoms with Crippen LogP contribution < -0.4 is 5.32 Å². The second-order valence-electron chi connectivity index (χ2n) is 7.87. The monoisotopic (exact) mass is 395 g/mol. The second kappa shape index (κ2) is 9.36. The highest BCUT2D eigenvalue weighted by Gasteiger charge is 2.47. The van der Waals surface area contributed by atoms with E-state index in [9.17, 15) is 19.8 Å². The molecule has 0 saturated heterocycles. The minimum absolute atomic E-state index is 0.0353. The molecule has 0 bridgehead atoms. The molecule has 8 nitrogen and oxygen atoms in total. The number of hydrogen-bond donors (Lipinski definition) is 3. The average Bonchev–Trinajstić information content (AvgIpc) is 2.57. The summed E-state index contributed by atoms with van der Waals surface area (Å²) < 4.78 is 16.4. The lowest BCUT2D eigenvalue weighted by Crippen LogP contribution is -2.64. The molecule has 1 aliphatic carbocycles. The van der Waals surface area contributed by atoms with Crippen LogP contribution in [0.4, 0.5) is 4.79 Å². The highest BCUT2D eigenvalue weighted by atomic mass is 16.6. The molecule has 1 amide bonds. The number of nitrogens with one attached hydrogen (secondary N) is 1. The van der Waals surface area contributed by atoms with Crippen LogP contribution in [0.5, 0.6) is 0 Å². The van der Waals surface area contributed by atoms with Gasteiger partial charge in [-0.15, -0.1) is 0 Å². The molecule has 1 aromatic carbocycles. The first kappa shape index (κ1) is 22.1. The zero-order chi connectivity index (χ0) is 20.9. The van der Waals surface area contributed by atoms with E-state index in [4.69, 9.17) is 14.2 Å². The van der Waals surface area contributed by atoms with Gasteiger partial charge in [0.2, 0.25) is 0 Å². The van der Waals surface area contributed by atoms with Gasteiger partial charge in [-0.05, 0) is 26.3 Å². The lowest BCUT2D eigenvalue weighted by Gasteiger charge is -2.42. The van der Waals surface area contributed by atoms with Crippen LogP contribution in [0.1, 0.15) is 39.7 Å². The molecule has 0 unspecified atom stereocenters. The number of hydrogen-bond acceptors (Lipinski definition) is 7. The molecule has 8 heteroatoms. The summed E-state index contributed by atoms with van der Waals surface area (Å²) in [5, 5.41) is 23.3. The summed E-state index contributed by atoms with van der Waals surface area (Å²) in [6.45, 7) is 6.55. The van der Waals surface area contributed by atoms with E-state index in [2.05, 4.69) is 5.32 Å². The number of carbonyl (C=O) groups excluding carboxylic acids is 2. The van der Waals surface area contributed by atoms with Crippen LogP contribution in [0.25, 0.3) is 0 Å². The van der Waals surface area contributed by atoms with Crippen molar-refractivity contribution in [3.63, 3.8) is 0 Å². The quantitative estimate of drug-likeness (QED) is 0.648. The first-order chi connectivity index (χ1) is 13.1. The molecule has 2 rings (SSSR count). The molecule has 0 heterocycles. The number of carbonyl (C=O) groups is 2. The molecular weight excluding hydrogens is 366 g/mol. The first-order valence-corrected chi connectivity index (χ1v) is 9.25. The molecule has 1 saturated carbocycles. The van der Waals surface area contributed by atoms with Gasteiger partial charge in [0, 0.05) is 13.3 Å². The number of ether oxygens (including phenoxy) is 3. The van der Waals surface area contributed by atoms with Gasteiger partial charge >= 0.3 is 12.1 Å². The Morgan fingerprint density at radius 2 is 1.82 bits per heavy atom. The molecule has 3 N–H and O–H groups in total. The van der Waals surface area contributed by atoms with Crippen molar-refractivity contribution in [3.05, 3.63) is 35.9 Å². The Bertz CT molecular complexity index is 658. The minimum Gasteiger partial charge on any atom is -0.460 e. The van der Waals surface area contributed by atoms with Crippen LogP contribution in [0.2, 0.25) is 0 Å². The molecule has 0 aliphatic heterocycles. The van der Waals surface area contributed by atoms with Crippen molar-refractivity contribution < 1.29 is 34.0 Å². The molecule has 1 aliphatic rings. The Hall–Kier alpha value is -2.16. The number of benzene rings is 1. The van der Waals surface area contributed by atoms with Gasteiger partial charge in [-0.3, -0.25) is 4.79 Å². The maximum absolute atomic E-state index is 12.3. The van der Waals surface area contributed by atoms with Crippen molar-refractivity contribution >= 4 is 12.1 Å². The van der Waals surface area contributed by atoms with Crippen LogP contribution in [-0.4, -0.2) is 58.3 Å². The Kier molecular flexibility index (Phi) is 7.40. The number of alkyl carbamates (subject to hydrolysis) is 1. The lowest BCUT2D eigenvalue weighted by atomic mass is 9.85. The number of amides is 1. The van der Waals surface area contributed by atoms with Crippen molar-refractivity contribution in [1.29, 1.82) is 0 Å². The van der Waals surface area contributed by atoms with E-state index in [0.717, 1.165) is 5.56 Å². The fraction of sp³-hybridized carbons (Fsp3) is 0.600. The highest BCUT2D eigenvalue weighted by molar-refractivity contribution is 5.69. The van der Waals surface area contributed by atoms with Crippen molar-refractivity contribution in [2.75, 3.05) is 0 Å². The predicted octanol–water partition coefficient (Wildman–Crippen LogP) is 1.52. The summed E-state index contributed by atoms with van der Waals surface area (Å²) in [4.78, 5) is 23.8. The van der Waals surface area contributed by atoms with E-state index in [-0.39, 0.29) is 13.0 Å². The molecule has 1 aromatic rings. The van der Waals surface area contributed by atoms with E-state index in [1.165, 1.54) is 6.92 Å². The van der Waals surface area contributed by atoms with Crippen molar-refractivity contribution in [2.24, 2.45) is 0 Å². The summed E-state index contributed by atoms with van der Waals surface area (Å²) in [6.07, 6.45) is -5.07. The van der Waals surface area contributed by atoms with Crippen LogP contribution in [0, 0.1) is 0 Å². The summed E-state index contributed by atoms with van der Waals surface area (Å²) in [5.74, 6) is -0.564. The Labute approximate surface area is 164 Å². The highest BCUT2D eigenvalue weighted by Crippen LogP contribution is 2.27. The molecule has 156 valence electrons. The molecular formula is C20H29NO7. The zero-order valence-corrected chi connectivity index (χ0v) is 16.6. The largest absolute Gasteiger partial charge is 0.460 e. The molecule has 0 spiro atoms. The average molecular weight is 395 g/mol. The maximum Gasteiger partial charge on any atom is 0.408 e. The van der Waals surface area contributed by atoms with Gasteiger partial charge in [0.1, 0.15) is 23.9 Å². The van der Waals surface area contributed by atoms with Gasteiger partial charge < -0.3 is 29.7 Å². The van der Waals surface area contributed by atoms with Gasteiger partial charge in [-0.1, -0.05) is 30.3 Å². The van der Waals surface area contributed by atoms with Crippen molar-refractivity contribution in [2.45, 2.75) is 76.8 Å². The second-order valence-corrected chi connectivity index (χ2v) is 7.87. The predicted molar refractivity (Wildman–Crippen MR) is 100 cm³/mol. The Balaban J connectivity index is 2.20. The maximum atomic E-state index is 12.3. The van der Waals surface area contributed by atoms with Crippen LogP contribution in [0.3, 0.4) is 0 Å². The zero-order valence-electron chi connectivity index (χ0n) is 16.6. The topological polar surface area (TPSA) is 114 Å².